The Morgan fingerprint density at radius 1 is 0.780 bits per heavy atom. The number of ketones is 1. The zero-order chi connectivity index (χ0) is 35.2. The van der Waals surface area contributed by atoms with E-state index in [1.54, 1.807) is 5.57 Å². The molecular formula is C47H56NOP. The second-order valence-electron chi connectivity index (χ2n) is 18.1. The molecule has 5 aliphatic rings. The van der Waals surface area contributed by atoms with Gasteiger partial charge >= 0.3 is 0 Å². The number of hydrogen-bond acceptors (Lipinski definition) is 2. The van der Waals surface area contributed by atoms with Crippen LogP contribution in [-0.2, 0) is 4.79 Å². The van der Waals surface area contributed by atoms with Gasteiger partial charge in [-0.2, -0.15) is 5.26 Å². The van der Waals surface area contributed by atoms with Gasteiger partial charge in [0.25, 0.3) is 0 Å². The molecule has 3 heteroatoms. The summed E-state index contributed by atoms with van der Waals surface area (Å²) in [6.07, 6.45) is 12.2. The predicted octanol–water partition coefficient (Wildman–Crippen LogP) is 10.4. The smallest absolute Gasteiger partial charge is 0.174 e. The normalized spacial score (nSPS) is 34.3. The molecule has 0 N–H and O–H groups in total. The monoisotopic (exact) mass is 681 g/mol. The molecule has 4 saturated carbocycles. The molecule has 0 radical (unpaired) electrons. The molecule has 50 heavy (non-hydrogen) atoms. The van der Waals surface area contributed by atoms with E-state index in [0.717, 1.165) is 34.2 Å². The van der Waals surface area contributed by atoms with Gasteiger partial charge in [0.15, 0.2) is 5.78 Å². The highest BCUT2D eigenvalue weighted by Crippen LogP contribution is 2.86. The zero-order valence-electron chi connectivity index (χ0n) is 31.3. The summed E-state index contributed by atoms with van der Waals surface area (Å²) >= 11 is 0. The predicted molar refractivity (Wildman–Crippen MR) is 211 cm³/mol. The fraction of sp³-hybridized carbons (Fsp3) is 0.511. The highest BCUT2D eigenvalue weighted by molar-refractivity contribution is 7.96. The summed E-state index contributed by atoms with van der Waals surface area (Å²) in [6, 6.07) is 33.8. The van der Waals surface area contributed by atoms with Gasteiger partial charge in [-0.05, 0) is 125 Å². The summed E-state index contributed by atoms with van der Waals surface area (Å²) in [7, 11) is 0. The van der Waals surface area contributed by atoms with Crippen LogP contribution in [-0.4, -0.2) is 11.1 Å². The Morgan fingerprint density at radius 2 is 1.34 bits per heavy atom. The quantitative estimate of drug-likeness (QED) is 0.184. The van der Waals surface area contributed by atoms with Crippen LogP contribution in [0.4, 0.5) is 0 Å². The van der Waals surface area contributed by atoms with E-state index in [2.05, 4.69) is 120 Å². The van der Waals surface area contributed by atoms with Crippen molar-refractivity contribution < 1.29 is 4.79 Å². The van der Waals surface area contributed by atoms with Crippen molar-refractivity contribution in [1.82, 2.24) is 0 Å². The number of rotatable bonds is 7. The van der Waals surface area contributed by atoms with E-state index < -0.39 is 6.89 Å². The average molecular weight is 682 g/mol. The van der Waals surface area contributed by atoms with Crippen LogP contribution < -0.4 is 15.9 Å². The minimum absolute atomic E-state index is 0.0137. The lowest BCUT2D eigenvalue weighted by Gasteiger charge is -2.57. The van der Waals surface area contributed by atoms with Crippen LogP contribution in [0.25, 0.3) is 0 Å². The van der Waals surface area contributed by atoms with Crippen LogP contribution in [0.3, 0.4) is 0 Å². The van der Waals surface area contributed by atoms with Crippen molar-refractivity contribution in [3.05, 3.63) is 102 Å². The largest absolute Gasteiger partial charge is 0.293 e. The second-order valence-corrected chi connectivity index (χ2v) is 21.5. The van der Waals surface area contributed by atoms with Gasteiger partial charge in [-0.3, -0.25) is 4.79 Å². The van der Waals surface area contributed by atoms with E-state index in [4.69, 9.17) is 0 Å². The molecule has 0 heterocycles. The molecule has 0 aliphatic heterocycles. The molecule has 0 bridgehead atoms. The van der Waals surface area contributed by atoms with Gasteiger partial charge in [-0.15, -0.1) is 0 Å². The molecule has 3 aromatic carbocycles. The summed E-state index contributed by atoms with van der Waals surface area (Å²) in [4.78, 5) is 15.0. The summed E-state index contributed by atoms with van der Waals surface area (Å²) < 4.78 is 0. The average Bonchev–Trinajstić information content (AvgIpc) is 3.72. The first-order valence-electron chi connectivity index (χ1n) is 19.5. The highest BCUT2D eigenvalue weighted by Gasteiger charge is 2.78. The van der Waals surface area contributed by atoms with Crippen LogP contribution >= 0.6 is 6.89 Å². The Kier molecular flexibility index (Phi) is 7.94. The van der Waals surface area contributed by atoms with Crippen molar-refractivity contribution >= 4 is 33.9 Å². The Morgan fingerprint density at radius 3 is 1.88 bits per heavy atom. The van der Waals surface area contributed by atoms with Gasteiger partial charge in [0.1, 0.15) is 11.4 Å². The number of allylic oxidation sites excluding steroid dienone is 2. The zero-order valence-corrected chi connectivity index (χ0v) is 32.2. The molecule has 0 unspecified atom stereocenters. The van der Waals surface area contributed by atoms with Crippen molar-refractivity contribution in [1.29, 1.82) is 5.26 Å². The van der Waals surface area contributed by atoms with Crippen molar-refractivity contribution in [3.63, 3.8) is 0 Å². The number of benzene rings is 3. The molecular weight excluding hydrogens is 625 g/mol. The third-order valence-corrected chi connectivity index (χ3v) is 20.8. The van der Waals surface area contributed by atoms with E-state index in [1.165, 1.54) is 51.4 Å². The van der Waals surface area contributed by atoms with Gasteiger partial charge in [-0.1, -0.05) is 144 Å². The summed E-state index contributed by atoms with van der Waals surface area (Å²) in [5, 5.41) is 14.7. The Labute approximate surface area is 301 Å². The number of Topliss-reactive ketones (excluding diaryl/α,β-unsaturated/α-hetero) is 1. The molecule has 5 aliphatic carbocycles. The first-order valence-corrected chi connectivity index (χ1v) is 21.3. The maximum absolute atomic E-state index is 15.0. The van der Waals surface area contributed by atoms with Crippen molar-refractivity contribution in [2.45, 2.75) is 106 Å². The first kappa shape index (κ1) is 34.0. The third-order valence-electron chi connectivity index (χ3n) is 16.5. The van der Waals surface area contributed by atoms with Crippen molar-refractivity contribution in [2.75, 3.05) is 0 Å². The number of carbonyl (C=O) groups is 1. The number of nitrogens with zero attached hydrogens (tertiary/aromatic N) is 1. The fourth-order valence-electron chi connectivity index (χ4n) is 13.0. The number of hydrogen-bond donors (Lipinski definition) is 0. The molecule has 2 nitrogen and oxygen atoms in total. The minimum Gasteiger partial charge on any atom is -0.293 e. The van der Waals surface area contributed by atoms with Gasteiger partial charge in [0.05, 0.1) is 0 Å². The fourth-order valence-corrected chi connectivity index (χ4v) is 17.2. The summed E-state index contributed by atoms with van der Waals surface area (Å²) in [6.45, 7) is 12.4. The van der Waals surface area contributed by atoms with Crippen molar-refractivity contribution in [3.8, 4) is 6.07 Å². The number of carbonyl (C=O) groups excluding carboxylic acids is 1. The minimum atomic E-state index is -2.73. The first-order chi connectivity index (χ1) is 23.9. The second kappa shape index (κ2) is 11.7. The van der Waals surface area contributed by atoms with Crippen LogP contribution in [0.5, 0.6) is 0 Å². The maximum atomic E-state index is 15.0. The molecule has 8 rings (SSSR count). The van der Waals surface area contributed by atoms with Crippen LogP contribution in [0.1, 0.15) is 106 Å². The molecule has 260 valence electrons. The molecule has 3 aromatic rings. The Balaban J connectivity index is 1.19. The molecule has 7 atom stereocenters. The summed E-state index contributed by atoms with van der Waals surface area (Å²) in [5.41, 5.74) is 5.23. The lowest BCUT2D eigenvalue weighted by atomic mass is 9.47. The van der Waals surface area contributed by atoms with E-state index in [9.17, 15) is 5.26 Å². The van der Waals surface area contributed by atoms with Crippen LogP contribution in [0.15, 0.2) is 102 Å². The van der Waals surface area contributed by atoms with E-state index in [-0.39, 0.29) is 22.5 Å². The molecule has 0 saturated heterocycles. The van der Waals surface area contributed by atoms with E-state index >= 15 is 4.79 Å². The SMILES string of the molecule is C[C@@H]1CC[C@]23C[C@]24CC[C@@]2(C)C(=C4CC[C@H]3C1(C)C)CC[C@@]2(C)[C@H](C)CC(=O)C(C#N)=P(c1ccccc1)(c1ccccc1)c1ccccc1. The Hall–Kier alpha value is -3.14. The van der Waals surface area contributed by atoms with Gasteiger partial charge < -0.3 is 0 Å². The molecule has 0 amide bonds. The molecule has 2 spiro atoms. The van der Waals surface area contributed by atoms with Crippen LogP contribution in [0, 0.1) is 56.2 Å². The topological polar surface area (TPSA) is 40.9 Å². The third kappa shape index (κ3) is 4.35. The Bertz CT molecular complexity index is 1850. The standard InChI is InChI=1S/C47H56NOP/c1-33-24-27-47-32-46(47)29-28-45(6)38(39(46)22-23-42(47)43(33,3)4)25-26-44(45,5)34(2)30-40(49)41(31-48)50(35-16-10-7-11-17-35,36-18-12-8-13-19-36)37-20-14-9-15-21-37/h7-21,33-34,42H,22-30,32H2,1-6H3/t33-,34-,42+,44+,45+,46+,47-/m1/s1. The summed E-state index contributed by atoms with van der Waals surface area (Å²) in [5.74, 6) is 1.87. The van der Waals surface area contributed by atoms with Crippen molar-refractivity contribution in [2.24, 2.45) is 44.8 Å². The lowest BCUT2D eigenvalue weighted by Crippen LogP contribution is -2.49. The van der Waals surface area contributed by atoms with E-state index in [1.807, 2.05) is 23.8 Å². The molecule has 4 fully saturated rings. The highest BCUT2D eigenvalue weighted by atomic mass is 31.2. The van der Waals surface area contributed by atoms with Crippen LogP contribution in [0.2, 0.25) is 0 Å². The molecule has 0 aromatic heterocycles. The van der Waals surface area contributed by atoms with Gasteiger partial charge in [-0.25, -0.2) is 0 Å². The number of fused-ring (bicyclic) bond motifs is 1. The number of nitriles is 1. The van der Waals surface area contributed by atoms with E-state index in [0.29, 0.717) is 28.0 Å². The van der Waals surface area contributed by atoms with Gasteiger partial charge in [0, 0.05) is 6.42 Å². The lowest BCUT2D eigenvalue weighted by molar-refractivity contribution is -0.115. The van der Waals surface area contributed by atoms with Gasteiger partial charge in [0.2, 0.25) is 0 Å². The maximum Gasteiger partial charge on any atom is 0.174 e.